The van der Waals surface area contributed by atoms with Gasteiger partial charge in [-0.1, -0.05) is 17.7 Å². The lowest BCUT2D eigenvalue weighted by Crippen LogP contribution is -2.61. The molecule has 0 radical (unpaired) electrons. The second kappa shape index (κ2) is 9.69. The number of piperidine rings is 1. The summed E-state index contributed by atoms with van der Waals surface area (Å²) in [6.07, 6.45) is 2.74. The molecule has 2 heterocycles. The van der Waals surface area contributed by atoms with Gasteiger partial charge in [0.1, 0.15) is 23.4 Å². The number of aromatic nitrogens is 2. The van der Waals surface area contributed by atoms with E-state index in [0.717, 1.165) is 18.5 Å². The third-order valence-electron chi connectivity index (χ3n) is 6.44. The Kier molecular flexibility index (Phi) is 6.88. The molecule has 4 rings (SSSR count). The fraction of sp³-hybridized carbons (Fsp3) is 0.375. The zero-order chi connectivity index (χ0) is 24.5. The highest BCUT2D eigenvalue weighted by Gasteiger charge is 2.45. The van der Waals surface area contributed by atoms with Crippen LogP contribution in [0.5, 0.6) is 5.75 Å². The molecule has 0 aliphatic carbocycles. The van der Waals surface area contributed by atoms with Crippen molar-refractivity contribution in [3.8, 4) is 5.75 Å². The number of likely N-dealkylation sites (N-methyl/N-ethyl adjacent to an activating group) is 2. The lowest BCUT2D eigenvalue weighted by Gasteiger charge is -2.44. The van der Waals surface area contributed by atoms with Crippen LogP contribution < -0.4 is 10.1 Å². The number of fused-ring (bicyclic) bond motifs is 1. The van der Waals surface area contributed by atoms with E-state index in [1.54, 1.807) is 25.3 Å². The van der Waals surface area contributed by atoms with Gasteiger partial charge in [0.2, 0.25) is 0 Å². The average Bonchev–Trinajstić information content (AvgIpc) is 2.81. The van der Waals surface area contributed by atoms with Crippen molar-refractivity contribution in [3.63, 3.8) is 0 Å². The van der Waals surface area contributed by atoms with Crippen LogP contribution >= 0.6 is 11.6 Å². The maximum Gasteiger partial charge on any atom is 0.325 e. The second-order valence-corrected chi connectivity index (χ2v) is 9.07. The largest absolute Gasteiger partial charge is 0.496 e. The summed E-state index contributed by atoms with van der Waals surface area (Å²) in [7, 11) is 5.32. The Morgan fingerprint density at radius 3 is 2.88 bits per heavy atom. The second-order valence-electron chi connectivity index (χ2n) is 8.66. The number of nitrogens with zero attached hydrogens (tertiary/aromatic N) is 4. The molecule has 3 aromatic rings. The Morgan fingerprint density at radius 2 is 2.18 bits per heavy atom. The number of anilines is 2. The van der Waals surface area contributed by atoms with Crippen molar-refractivity contribution in [2.45, 2.75) is 24.9 Å². The molecule has 1 aliphatic heterocycles. The van der Waals surface area contributed by atoms with Gasteiger partial charge in [0.05, 0.1) is 23.3 Å². The van der Waals surface area contributed by atoms with Crippen molar-refractivity contribution in [2.24, 2.45) is 0 Å². The summed E-state index contributed by atoms with van der Waals surface area (Å²) in [5, 5.41) is 13.8. The number of carboxylic acids is 1. The van der Waals surface area contributed by atoms with Gasteiger partial charge in [-0.05, 0) is 51.7 Å². The first-order valence-corrected chi connectivity index (χ1v) is 11.3. The van der Waals surface area contributed by atoms with Crippen molar-refractivity contribution in [1.82, 2.24) is 19.8 Å². The summed E-state index contributed by atoms with van der Waals surface area (Å²) in [4.78, 5) is 24.9. The number of carboxylic acid groups (broad SMARTS) is 1. The molecule has 1 fully saturated rings. The van der Waals surface area contributed by atoms with Crippen LogP contribution in [-0.2, 0) is 11.3 Å². The highest BCUT2D eigenvalue weighted by atomic mass is 35.5. The quantitative estimate of drug-likeness (QED) is 0.513. The first kappa shape index (κ1) is 24.1. The van der Waals surface area contributed by atoms with E-state index in [1.807, 2.05) is 30.0 Å². The molecule has 1 unspecified atom stereocenters. The summed E-state index contributed by atoms with van der Waals surface area (Å²) in [5.74, 6) is -0.427. The molecule has 0 saturated carbocycles. The Labute approximate surface area is 202 Å². The van der Waals surface area contributed by atoms with Crippen LogP contribution in [0.2, 0.25) is 5.02 Å². The summed E-state index contributed by atoms with van der Waals surface area (Å²) in [6, 6.07) is 8.33. The Balaban J connectivity index is 1.73. The number of aliphatic carboxylic acids is 1. The van der Waals surface area contributed by atoms with Crippen LogP contribution in [0.25, 0.3) is 10.9 Å². The molecular weight excluding hydrogens is 461 g/mol. The van der Waals surface area contributed by atoms with Gasteiger partial charge in [-0.25, -0.2) is 14.4 Å². The third kappa shape index (κ3) is 4.51. The van der Waals surface area contributed by atoms with Crippen molar-refractivity contribution in [1.29, 1.82) is 0 Å². The molecular formula is C24H27ClFN5O3. The van der Waals surface area contributed by atoms with Gasteiger partial charge >= 0.3 is 5.97 Å². The van der Waals surface area contributed by atoms with Gasteiger partial charge in [-0.3, -0.25) is 9.69 Å². The number of halogens is 2. The minimum atomic E-state index is -1.01. The number of hydrogen-bond donors (Lipinski definition) is 2. The summed E-state index contributed by atoms with van der Waals surface area (Å²) >= 11 is 5.92. The van der Waals surface area contributed by atoms with E-state index < -0.39 is 17.3 Å². The topological polar surface area (TPSA) is 90.8 Å². The number of benzene rings is 2. The molecule has 0 spiro atoms. The number of carbonyl (C=O) groups is 1. The molecule has 34 heavy (non-hydrogen) atoms. The summed E-state index contributed by atoms with van der Waals surface area (Å²) in [6.45, 7) is 1.63. The fourth-order valence-electron chi connectivity index (χ4n) is 4.57. The zero-order valence-corrected chi connectivity index (χ0v) is 20.1. The molecule has 2 aromatic carbocycles. The summed E-state index contributed by atoms with van der Waals surface area (Å²) in [5.41, 5.74) is 0.562. The smallest absolute Gasteiger partial charge is 0.325 e. The highest BCUT2D eigenvalue weighted by molar-refractivity contribution is 6.31. The van der Waals surface area contributed by atoms with Gasteiger partial charge in [-0.2, -0.15) is 0 Å². The minimum Gasteiger partial charge on any atom is -0.496 e. The van der Waals surface area contributed by atoms with Gasteiger partial charge in [0.15, 0.2) is 5.82 Å². The van der Waals surface area contributed by atoms with Gasteiger partial charge in [0.25, 0.3) is 0 Å². The predicted octanol–water partition coefficient (Wildman–Crippen LogP) is 4.16. The molecule has 1 atom stereocenters. The van der Waals surface area contributed by atoms with E-state index in [1.165, 1.54) is 12.4 Å². The molecule has 0 amide bonds. The average molecular weight is 488 g/mol. The van der Waals surface area contributed by atoms with E-state index in [9.17, 15) is 14.3 Å². The number of methoxy groups -OCH3 is 1. The molecule has 1 aliphatic rings. The first-order valence-electron chi connectivity index (χ1n) is 10.9. The van der Waals surface area contributed by atoms with Gasteiger partial charge in [0, 0.05) is 30.1 Å². The number of ether oxygens (including phenoxy) is 1. The molecule has 1 saturated heterocycles. The van der Waals surface area contributed by atoms with E-state index in [0.29, 0.717) is 42.0 Å². The van der Waals surface area contributed by atoms with Gasteiger partial charge in [-0.15, -0.1) is 0 Å². The van der Waals surface area contributed by atoms with Crippen LogP contribution in [0.1, 0.15) is 18.4 Å². The van der Waals surface area contributed by atoms with E-state index in [4.69, 9.17) is 16.3 Å². The predicted molar refractivity (Wildman–Crippen MR) is 129 cm³/mol. The van der Waals surface area contributed by atoms with Crippen LogP contribution in [0, 0.1) is 5.82 Å². The van der Waals surface area contributed by atoms with Crippen LogP contribution in [0.15, 0.2) is 36.7 Å². The summed E-state index contributed by atoms with van der Waals surface area (Å²) < 4.78 is 20.1. The lowest BCUT2D eigenvalue weighted by atomic mass is 9.87. The number of hydrogen-bond acceptors (Lipinski definition) is 7. The van der Waals surface area contributed by atoms with Crippen molar-refractivity contribution >= 4 is 40.0 Å². The Morgan fingerprint density at radius 1 is 1.38 bits per heavy atom. The van der Waals surface area contributed by atoms with Crippen LogP contribution in [-0.4, -0.2) is 70.7 Å². The van der Waals surface area contributed by atoms with Gasteiger partial charge < -0.3 is 20.1 Å². The maximum atomic E-state index is 14.5. The molecule has 1 aromatic heterocycles. The lowest BCUT2D eigenvalue weighted by molar-refractivity contribution is -0.155. The first-order chi connectivity index (χ1) is 16.2. The number of rotatable bonds is 7. The maximum absolute atomic E-state index is 14.5. The molecule has 0 bridgehead atoms. The number of likely N-dealkylation sites (tertiary alicyclic amines) is 1. The monoisotopic (exact) mass is 487 g/mol. The van der Waals surface area contributed by atoms with E-state index >= 15 is 0 Å². The third-order valence-corrected chi connectivity index (χ3v) is 6.73. The highest BCUT2D eigenvalue weighted by Crippen LogP contribution is 2.34. The SMILES string of the molecule is COc1cc2ncnc(Nc3cccc(Cl)c3F)c2cc1CN(C)C1(C(=O)O)CCCN(C)C1. The van der Waals surface area contributed by atoms with Crippen LogP contribution in [0.3, 0.4) is 0 Å². The standard InChI is InChI=1S/C24H27ClFN5O3/c1-30-9-5-8-24(13-30,23(32)33)31(2)12-15-10-16-19(11-20(15)34-3)27-14-28-22(16)29-18-7-4-6-17(25)21(18)26/h4,6-7,10-11,14H,5,8-9,12-13H2,1-3H3,(H,32,33)(H,27,28,29). The van der Waals surface area contributed by atoms with Crippen molar-refractivity contribution in [3.05, 3.63) is 53.1 Å². The zero-order valence-electron chi connectivity index (χ0n) is 19.3. The Hall–Kier alpha value is -3.01. The van der Waals surface area contributed by atoms with Crippen molar-refractivity contribution < 1.29 is 19.0 Å². The molecule has 180 valence electrons. The Bertz CT molecular complexity index is 1230. The fourth-order valence-corrected chi connectivity index (χ4v) is 4.75. The number of nitrogens with one attached hydrogen (secondary N) is 1. The molecule has 8 nitrogen and oxygen atoms in total. The van der Waals surface area contributed by atoms with E-state index in [-0.39, 0.29) is 10.7 Å². The molecule has 10 heteroatoms. The van der Waals surface area contributed by atoms with Crippen LogP contribution in [0.4, 0.5) is 15.9 Å². The van der Waals surface area contributed by atoms with E-state index in [2.05, 4.69) is 15.3 Å². The normalized spacial score (nSPS) is 18.9. The minimum absolute atomic E-state index is 0.00348. The van der Waals surface area contributed by atoms with Crippen molar-refractivity contribution in [2.75, 3.05) is 39.6 Å². The molecule has 2 N–H and O–H groups in total.